The number of esters is 1. The molecule has 0 aliphatic heterocycles. The minimum Gasteiger partial charge on any atom is -0.481 e. The molecule has 114 valence electrons. The first-order valence-corrected chi connectivity index (χ1v) is 6.93. The van der Waals surface area contributed by atoms with Crippen LogP contribution in [0.3, 0.4) is 0 Å². The lowest BCUT2D eigenvalue weighted by molar-refractivity contribution is -0.136. The number of rotatable bonds is 9. The van der Waals surface area contributed by atoms with Gasteiger partial charge in [-0.15, -0.1) is 6.58 Å². The van der Waals surface area contributed by atoms with E-state index in [0.717, 1.165) is 12.1 Å². The zero-order chi connectivity index (χ0) is 15.7. The fourth-order valence-corrected chi connectivity index (χ4v) is 1.82. The van der Waals surface area contributed by atoms with Crippen molar-refractivity contribution in [2.75, 3.05) is 24.6 Å². The van der Waals surface area contributed by atoms with Gasteiger partial charge in [0.05, 0.1) is 18.6 Å². The Bertz CT molecular complexity index is 499. The van der Waals surface area contributed by atoms with Crippen LogP contribution in [0.4, 0.5) is 5.69 Å². The Balaban J connectivity index is 2.85. The molecule has 1 N–H and O–H groups in total. The number of carbonyl (C=O) groups is 2. The van der Waals surface area contributed by atoms with E-state index in [4.69, 9.17) is 9.84 Å². The molecule has 0 saturated heterocycles. The summed E-state index contributed by atoms with van der Waals surface area (Å²) in [5.74, 6) is -1.22. The largest absolute Gasteiger partial charge is 0.481 e. The molecule has 0 bridgehead atoms. The zero-order valence-electron chi connectivity index (χ0n) is 12.2. The van der Waals surface area contributed by atoms with Gasteiger partial charge in [-0.3, -0.25) is 4.79 Å². The zero-order valence-corrected chi connectivity index (χ0v) is 12.2. The molecule has 0 unspecified atom stereocenters. The van der Waals surface area contributed by atoms with E-state index in [1.165, 1.54) is 0 Å². The molecule has 1 aromatic carbocycles. The number of aliphatic carboxylic acids is 1. The van der Waals surface area contributed by atoms with Gasteiger partial charge in [0, 0.05) is 18.8 Å². The summed E-state index contributed by atoms with van der Waals surface area (Å²) in [4.78, 5) is 24.4. The molecular weight excluding hydrogens is 270 g/mol. The summed E-state index contributed by atoms with van der Waals surface area (Å²) in [6.07, 6.45) is 2.49. The third-order valence-electron chi connectivity index (χ3n) is 2.83. The highest BCUT2D eigenvalue weighted by Gasteiger charge is 2.11. The van der Waals surface area contributed by atoms with Crippen molar-refractivity contribution in [2.24, 2.45) is 0 Å². The second-order valence-corrected chi connectivity index (χ2v) is 4.56. The fourth-order valence-electron chi connectivity index (χ4n) is 1.82. The highest BCUT2D eigenvalue weighted by molar-refractivity contribution is 5.90. The number of nitrogens with zero attached hydrogens (tertiary/aromatic N) is 1. The van der Waals surface area contributed by atoms with E-state index in [9.17, 15) is 9.59 Å². The van der Waals surface area contributed by atoms with Crippen LogP contribution in [-0.4, -0.2) is 36.7 Å². The smallest absolute Gasteiger partial charge is 0.338 e. The molecule has 0 amide bonds. The normalized spacial score (nSPS) is 9.95. The van der Waals surface area contributed by atoms with Gasteiger partial charge in [-0.1, -0.05) is 19.1 Å². The number of anilines is 1. The van der Waals surface area contributed by atoms with E-state index < -0.39 is 5.97 Å². The quantitative estimate of drug-likeness (QED) is 0.559. The number of carboxylic acids is 1. The van der Waals surface area contributed by atoms with Crippen LogP contribution < -0.4 is 4.90 Å². The van der Waals surface area contributed by atoms with Crippen LogP contribution in [0.15, 0.2) is 36.9 Å². The number of ether oxygens (including phenoxy) is 1. The Morgan fingerprint density at radius 2 is 2.19 bits per heavy atom. The third kappa shape index (κ3) is 5.69. The standard InChI is InChI=1S/C16H21NO4/c1-3-9-17(10-8-15(18)19)14-7-5-6-13(12-14)16(20)21-11-4-2/h3,5-7,12H,1,4,8-11H2,2H3,(H,18,19). The predicted octanol–water partition coefficient (Wildman–Crippen LogP) is 2.72. The predicted molar refractivity (Wildman–Crippen MR) is 81.7 cm³/mol. The molecular formula is C16H21NO4. The maximum absolute atomic E-state index is 11.8. The molecule has 1 rings (SSSR count). The number of hydrogen-bond acceptors (Lipinski definition) is 4. The molecule has 0 aliphatic rings. The molecule has 1 aromatic rings. The van der Waals surface area contributed by atoms with Crippen LogP contribution in [0.1, 0.15) is 30.1 Å². The number of hydrogen-bond donors (Lipinski definition) is 1. The molecule has 21 heavy (non-hydrogen) atoms. The molecule has 0 saturated carbocycles. The van der Waals surface area contributed by atoms with Crippen LogP contribution in [0, 0.1) is 0 Å². The molecule has 5 nitrogen and oxygen atoms in total. The molecule has 0 radical (unpaired) electrons. The van der Waals surface area contributed by atoms with Gasteiger partial charge >= 0.3 is 11.9 Å². The molecule has 0 spiro atoms. The summed E-state index contributed by atoms with van der Waals surface area (Å²) in [6, 6.07) is 6.99. The first-order valence-electron chi connectivity index (χ1n) is 6.93. The van der Waals surface area contributed by atoms with Crippen molar-refractivity contribution in [3.05, 3.63) is 42.5 Å². The third-order valence-corrected chi connectivity index (χ3v) is 2.83. The van der Waals surface area contributed by atoms with Crippen molar-refractivity contribution in [1.29, 1.82) is 0 Å². The lowest BCUT2D eigenvalue weighted by Crippen LogP contribution is -2.26. The van der Waals surface area contributed by atoms with E-state index in [-0.39, 0.29) is 12.4 Å². The average Bonchev–Trinajstić information content (AvgIpc) is 2.49. The fraction of sp³-hybridized carbons (Fsp3) is 0.375. The molecule has 0 heterocycles. The van der Waals surface area contributed by atoms with Crippen molar-refractivity contribution < 1.29 is 19.4 Å². The average molecular weight is 291 g/mol. The van der Waals surface area contributed by atoms with Gasteiger partial charge in [-0.25, -0.2) is 4.79 Å². The molecule has 5 heteroatoms. The van der Waals surface area contributed by atoms with E-state index in [2.05, 4.69) is 6.58 Å². The molecule has 0 atom stereocenters. The molecule has 0 aromatic heterocycles. The van der Waals surface area contributed by atoms with Gasteiger partial charge in [0.15, 0.2) is 0 Å². The summed E-state index contributed by atoms with van der Waals surface area (Å²) >= 11 is 0. The van der Waals surface area contributed by atoms with Gasteiger partial charge in [-0.05, 0) is 24.6 Å². The Morgan fingerprint density at radius 3 is 2.81 bits per heavy atom. The molecule has 0 fully saturated rings. The van der Waals surface area contributed by atoms with Crippen LogP contribution in [-0.2, 0) is 9.53 Å². The van der Waals surface area contributed by atoms with Crippen LogP contribution in [0.5, 0.6) is 0 Å². The van der Waals surface area contributed by atoms with Crippen molar-refractivity contribution in [3.8, 4) is 0 Å². The topological polar surface area (TPSA) is 66.8 Å². The van der Waals surface area contributed by atoms with Crippen LogP contribution in [0.2, 0.25) is 0 Å². The number of carbonyl (C=O) groups excluding carboxylic acids is 1. The van der Waals surface area contributed by atoms with Crippen molar-refractivity contribution in [2.45, 2.75) is 19.8 Å². The Morgan fingerprint density at radius 1 is 1.43 bits per heavy atom. The summed E-state index contributed by atoms with van der Waals surface area (Å²) in [6.45, 7) is 6.86. The maximum Gasteiger partial charge on any atom is 0.338 e. The van der Waals surface area contributed by atoms with Crippen molar-refractivity contribution in [3.63, 3.8) is 0 Å². The lowest BCUT2D eigenvalue weighted by atomic mass is 10.2. The van der Waals surface area contributed by atoms with Gasteiger partial charge in [0.2, 0.25) is 0 Å². The van der Waals surface area contributed by atoms with Gasteiger partial charge in [0.25, 0.3) is 0 Å². The first kappa shape index (κ1) is 16.8. The number of benzene rings is 1. The molecule has 0 aliphatic carbocycles. The van der Waals surface area contributed by atoms with Crippen molar-refractivity contribution >= 4 is 17.6 Å². The highest BCUT2D eigenvalue weighted by atomic mass is 16.5. The second-order valence-electron chi connectivity index (χ2n) is 4.56. The minimum atomic E-state index is -0.859. The van der Waals surface area contributed by atoms with Gasteiger partial charge < -0.3 is 14.7 Å². The summed E-state index contributed by atoms with van der Waals surface area (Å²) < 4.78 is 5.10. The monoisotopic (exact) mass is 291 g/mol. The van der Waals surface area contributed by atoms with Gasteiger partial charge in [-0.2, -0.15) is 0 Å². The summed E-state index contributed by atoms with van der Waals surface area (Å²) in [5, 5.41) is 8.79. The highest BCUT2D eigenvalue weighted by Crippen LogP contribution is 2.17. The maximum atomic E-state index is 11.8. The first-order chi connectivity index (χ1) is 10.1. The summed E-state index contributed by atoms with van der Waals surface area (Å²) in [5.41, 5.74) is 1.24. The van der Waals surface area contributed by atoms with Crippen LogP contribution in [0.25, 0.3) is 0 Å². The SMILES string of the molecule is C=CCN(CCC(=O)O)c1cccc(C(=O)OCCC)c1. The van der Waals surface area contributed by atoms with E-state index in [0.29, 0.717) is 25.3 Å². The van der Waals surface area contributed by atoms with Gasteiger partial charge in [0.1, 0.15) is 0 Å². The van der Waals surface area contributed by atoms with E-state index in [1.54, 1.807) is 24.3 Å². The Hall–Kier alpha value is -2.30. The second kappa shape index (κ2) is 8.79. The van der Waals surface area contributed by atoms with E-state index in [1.807, 2.05) is 17.9 Å². The van der Waals surface area contributed by atoms with Crippen LogP contribution >= 0.6 is 0 Å². The lowest BCUT2D eigenvalue weighted by Gasteiger charge is -2.23. The van der Waals surface area contributed by atoms with E-state index >= 15 is 0 Å². The Kier molecular flexibility index (Phi) is 7.01. The number of carboxylic acid groups (broad SMARTS) is 1. The minimum absolute atomic E-state index is 0.0261. The van der Waals surface area contributed by atoms with Crippen molar-refractivity contribution in [1.82, 2.24) is 0 Å². The summed E-state index contributed by atoms with van der Waals surface area (Å²) in [7, 11) is 0. The Labute approximate surface area is 124 Å².